The van der Waals surface area contributed by atoms with Gasteiger partial charge in [-0.05, 0) is 24.6 Å². The number of benzene rings is 1. The molecular formula is C11H14FNO2. The van der Waals surface area contributed by atoms with E-state index in [1.54, 1.807) is 13.0 Å². The van der Waals surface area contributed by atoms with E-state index in [-0.39, 0.29) is 11.9 Å². The summed E-state index contributed by atoms with van der Waals surface area (Å²) < 4.78 is 18.7. The first kappa shape index (κ1) is 10.4. The second kappa shape index (κ2) is 4.16. The minimum atomic E-state index is -0.584. The van der Waals surface area contributed by atoms with Crippen molar-refractivity contribution in [1.29, 1.82) is 0 Å². The lowest BCUT2D eigenvalue weighted by Crippen LogP contribution is -2.33. The second-order valence-electron chi connectivity index (χ2n) is 3.75. The molecule has 0 aliphatic carbocycles. The summed E-state index contributed by atoms with van der Waals surface area (Å²) in [5, 5.41) is 12.7. The summed E-state index contributed by atoms with van der Waals surface area (Å²) in [7, 11) is 0. The molecule has 1 aliphatic heterocycles. The first-order valence-electron chi connectivity index (χ1n) is 5.00. The summed E-state index contributed by atoms with van der Waals surface area (Å²) in [6.45, 7) is 3.78. The Bertz CT molecular complexity index is 362. The van der Waals surface area contributed by atoms with Gasteiger partial charge in [-0.15, -0.1) is 0 Å². The molecule has 0 bridgehead atoms. The minimum absolute atomic E-state index is 0.256. The third-order valence-corrected chi connectivity index (χ3v) is 2.51. The maximum atomic E-state index is 13.3. The van der Waals surface area contributed by atoms with Crippen LogP contribution in [0.15, 0.2) is 12.1 Å². The first-order valence-corrected chi connectivity index (χ1v) is 5.00. The van der Waals surface area contributed by atoms with Crippen molar-refractivity contribution in [3.8, 4) is 5.75 Å². The van der Waals surface area contributed by atoms with E-state index < -0.39 is 5.82 Å². The highest BCUT2D eigenvalue weighted by Gasteiger charge is 2.21. The molecule has 0 aromatic heterocycles. The molecule has 1 aromatic carbocycles. The maximum Gasteiger partial charge on any atom is 0.165 e. The van der Waals surface area contributed by atoms with Crippen molar-refractivity contribution in [2.75, 3.05) is 19.7 Å². The molecule has 0 spiro atoms. The zero-order valence-electron chi connectivity index (χ0n) is 8.59. The van der Waals surface area contributed by atoms with Gasteiger partial charge in [-0.1, -0.05) is 0 Å². The number of phenolic OH excluding ortho intramolecular Hbond substituents is 1. The van der Waals surface area contributed by atoms with Crippen LogP contribution in [0.1, 0.15) is 17.2 Å². The molecule has 1 saturated heterocycles. The average molecular weight is 211 g/mol. The van der Waals surface area contributed by atoms with Gasteiger partial charge in [0.15, 0.2) is 11.6 Å². The van der Waals surface area contributed by atoms with Crippen LogP contribution in [-0.4, -0.2) is 24.8 Å². The summed E-state index contributed by atoms with van der Waals surface area (Å²) in [5.74, 6) is -0.881. The molecule has 3 nitrogen and oxygen atoms in total. The molecule has 1 unspecified atom stereocenters. The Morgan fingerprint density at radius 2 is 2.33 bits per heavy atom. The molecule has 0 radical (unpaired) electrons. The fourth-order valence-corrected chi connectivity index (χ4v) is 1.77. The number of hydrogen-bond donors (Lipinski definition) is 2. The van der Waals surface area contributed by atoms with Crippen molar-refractivity contribution in [2.24, 2.45) is 0 Å². The third-order valence-electron chi connectivity index (χ3n) is 2.51. The van der Waals surface area contributed by atoms with Crippen LogP contribution in [0.25, 0.3) is 0 Å². The van der Waals surface area contributed by atoms with Crippen molar-refractivity contribution in [3.63, 3.8) is 0 Å². The van der Waals surface area contributed by atoms with Gasteiger partial charge in [0.25, 0.3) is 0 Å². The van der Waals surface area contributed by atoms with E-state index in [1.807, 2.05) is 0 Å². The summed E-state index contributed by atoms with van der Waals surface area (Å²) in [5.41, 5.74) is 1.31. The van der Waals surface area contributed by atoms with Crippen molar-refractivity contribution in [3.05, 3.63) is 29.1 Å². The molecular weight excluding hydrogens is 197 g/mol. The standard InChI is InChI=1S/C11H14FNO2/c1-7-4-8(11(14)9(12)5-7)10-6-13-2-3-15-10/h4-5,10,13-14H,2-3,6H2,1H3. The minimum Gasteiger partial charge on any atom is -0.505 e. The number of halogens is 1. The highest BCUT2D eigenvalue weighted by atomic mass is 19.1. The highest BCUT2D eigenvalue weighted by molar-refractivity contribution is 5.39. The molecule has 2 N–H and O–H groups in total. The number of rotatable bonds is 1. The fourth-order valence-electron chi connectivity index (χ4n) is 1.77. The van der Waals surface area contributed by atoms with Gasteiger partial charge in [0, 0.05) is 18.7 Å². The summed E-state index contributed by atoms with van der Waals surface area (Å²) in [6.07, 6.45) is -0.256. The van der Waals surface area contributed by atoms with Gasteiger partial charge in [-0.3, -0.25) is 0 Å². The Morgan fingerprint density at radius 3 is 3.00 bits per heavy atom. The highest BCUT2D eigenvalue weighted by Crippen LogP contribution is 2.30. The van der Waals surface area contributed by atoms with E-state index in [0.717, 1.165) is 12.1 Å². The van der Waals surface area contributed by atoms with Crippen molar-refractivity contribution < 1.29 is 14.2 Å². The summed E-state index contributed by atoms with van der Waals surface area (Å²) in [6, 6.07) is 3.07. The molecule has 1 aromatic rings. The lowest BCUT2D eigenvalue weighted by molar-refractivity contribution is 0.0260. The quantitative estimate of drug-likeness (QED) is 0.739. The molecule has 1 atom stereocenters. The van der Waals surface area contributed by atoms with E-state index >= 15 is 0 Å². The van der Waals surface area contributed by atoms with Crippen LogP contribution < -0.4 is 5.32 Å². The van der Waals surface area contributed by atoms with Gasteiger partial charge >= 0.3 is 0 Å². The van der Waals surface area contributed by atoms with Gasteiger partial charge in [-0.25, -0.2) is 4.39 Å². The molecule has 15 heavy (non-hydrogen) atoms. The lowest BCUT2D eigenvalue weighted by Gasteiger charge is -2.24. The van der Waals surface area contributed by atoms with E-state index in [9.17, 15) is 9.50 Å². The van der Waals surface area contributed by atoms with Crippen molar-refractivity contribution in [1.82, 2.24) is 5.32 Å². The largest absolute Gasteiger partial charge is 0.505 e. The van der Waals surface area contributed by atoms with Gasteiger partial charge in [0.1, 0.15) is 0 Å². The monoisotopic (exact) mass is 211 g/mol. The van der Waals surface area contributed by atoms with Gasteiger partial charge < -0.3 is 15.2 Å². The predicted molar refractivity (Wildman–Crippen MR) is 54.4 cm³/mol. The van der Waals surface area contributed by atoms with Gasteiger partial charge in [0.2, 0.25) is 0 Å². The van der Waals surface area contributed by atoms with Crippen molar-refractivity contribution in [2.45, 2.75) is 13.0 Å². The molecule has 2 rings (SSSR count). The maximum absolute atomic E-state index is 13.3. The predicted octanol–water partition coefficient (Wildman–Crippen LogP) is 1.50. The second-order valence-corrected chi connectivity index (χ2v) is 3.75. The van der Waals surface area contributed by atoms with Crippen LogP contribution in [0.5, 0.6) is 5.75 Å². The van der Waals surface area contributed by atoms with Crippen LogP contribution in [0.3, 0.4) is 0 Å². The number of hydrogen-bond acceptors (Lipinski definition) is 3. The number of morpholine rings is 1. The number of aromatic hydroxyl groups is 1. The molecule has 82 valence electrons. The molecule has 0 amide bonds. The lowest BCUT2D eigenvalue weighted by atomic mass is 10.0. The first-order chi connectivity index (χ1) is 7.18. The van der Waals surface area contributed by atoms with E-state index in [4.69, 9.17) is 4.74 Å². The zero-order valence-corrected chi connectivity index (χ0v) is 8.59. The molecule has 1 aliphatic rings. The topological polar surface area (TPSA) is 41.5 Å². The molecule has 4 heteroatoms. The van der Waals surface area contributed by atoms with Crippen LogP contribution in [0.4, 0.5) is 4.39 Å². The van der Waals surface area contributed by atoms with Gasteiger partial charge in [0.05, 0.1) is 12.7 Å². The Morgan fingerprint density at radius 1 is 1.53 bits per heavy atom. The van der Waals surface area contributed by atoms with Gasteiger partial charge in [-0.2, -0.15) is 0 Å². The van der Waals surface area contributed by atoms with Crippen LogP contribution >= 0.6 is 0 Å². The number of phenols is 1. The fraction of sp³-hybridized carbons (Fsp3) is 0.455. The van der Waals surface area contributed by atoms with Crippen LogP contribution in [0.2, 0.25) is 0 Å². The van der Waals surface area contributed by atoms with Crippen molar-refractivity contribution >= 4 is 0 Å². The summed E-state index contributed by atoms with van der Waals surface area (Å²) in [4.78, 5) is 0. The molecule has 1 fully saturated rings. The number of aryl methyl sites for hydroxylation is 1. The molecule has 1 heterocycles. The smallest absolute Gasteiger partial charge is 0.165 e. The zero-order chi connectivity index (χ0) is 10.8. The third kappa shape index (κ3) is 2.11. The number of ether oxygens (including phenoxy) is 1. The normalized spacial score (nSPS) is 21.6. The van der Waals surface area contributed by atoms with E-state index in [0.29, 0.717) is 18.7 Å². The SMILES string of the molecule is Cc1cc(F)c(O)c(C2CNCCO2)c1. The Hall–Kier alpha value is -1.13. The van der Waals surface area contributed by atoms with Crippen LogP contribution in [-0.2, 0) is 4.74 Å². The Labute approximate surface area is 87.9 Å². The summed E-state index contributed by atoms with van der Waals surface area (Å²) >= 11 is 0. The Balaban J connectivity index is 2.33. The average Bonchev–Trinajstić information content (AvgIpc) is 2.24. The van der Waals surface area contributed by atoms with E-state index in [1.165, 1.54) is 6.07 Å². The Kier molecular flexibility index (Phi) is 2.88. The molecule has 0 saturated carbocycles. The number of nitrogens with one attached hydrogen (secondary N) is 1. The van der Waals surface area contributed by atoms with E-state index in [2.05, 4.69) is 5.32 Å². The van der Waals surface area contributed by atoms with Crippen LogP contribution in [0, 0.1) is 12.7 Å².